The zero-order chi connectivity index (χ0) is 12.8. The molecule has 0 saturated carbocycles. The SMILES string of the molecule is CN1CCC(=O)N(CCOc2ccccc2)CC1. The Hall–Kier alpha value is -1.55. The van der Waals surface area contributed by atoms with Gasteiger partial charge in [0, 0.05) is 26.1 Å². The molecule has 1 heterocycles. The highest BCUT2D eigenvalue weighted by atomic mass is 16.5. The Kier molecular flexibility index (Phi) is 4.59. The molecule has 0 aliphatic carbocycles. The van der Waals surface area contributed by atoms with Crippen molar-refractivity contribution >= 4 is 5.91 Å². The van der Waals surface area contributed by atoms with E-state index in [1.165, 1.54) is 0 Å². The highest BCUT2D eigenvalue weighted by molar-refractivity contribution is 5.76. The third-order valence-corrected chi connectivity index (χ3v) is 3.18. The highest BCUT2D eigenvalue weighted by Crippen LogP contribution is 2.08. The third kappa shape index (κ3) is 3.74. The molecule has 0 N–H and O–H groups in total. The van der Waals surface area contributed by atoms with Crippen LogP contribution in [0.3, 0.4) is 0 Å². The second kappa shape index (κ2) is 6.40. The summed E-state index contributed by atoms with van der Waals surface area (Å²) < 4.78 is 5.62. The van der Waals surface area contributed by atoms with E-state index in [-0.39, 0.29) is 5.91 Å². The van der Waals surface area contributed by atoms with Crippen molar-refractivity contribution in [2.45, 2.75) is 6.42 Å². The Morgan fingerprint density at radius 2 is 1.94 bits per heavy atom. The lowest BCUT2D eigenvalue weighted by molar-refractivity contribution is -0.130. The van der Waals surface area contributed by atoms with Gasteiger partial charge in [0.25, 0.3) is 0 Å². The van der Waals surface area contributed by atoms with Gasteiger partial charge >= 0.3 is 0 Å². The van der Waals surface area contributed by atoms with E-state index in [9.17, 15) is 4.79 Å². The number of likely N-dealkylation sites (N-methyl/N-ethyl adjacent to an activating group) is 1. The molecule has 4 nitrogen and oxygen atoms in total. The largest absolute Gasteiger partial charge is 0.492 e. The van der Waals surface area contributed by atoms with Gasteiger partial charge in [0.1, 0.15) is 12.4 Å². The van der Waals surface area contributed by atoms with E-state index >= 15 is 0 Å². The summed E-state index contributed by atoms with van der Waals surface area (Å²) in [5.74, 6) is 1.09. The fourth-order valence-corrected chi connectivity index (χ4v) is 2.00. The summed E-state index contributed by atoms with van der Waals surface area (Å²) in [5, 5.41) is 0. The zero-order valence-electron chi connectivity index (χ0n) is 10.8. The summed E-state index contributed by atoms with van der Waals surface area (Å²) in [4.78, 5) is 15.9. The molecule has 0 bridgehead atoms. The Bertz CT molecular complexity index is 381. The lowest BCUT2D eigenvalue weighted by atomic mass is 10.3. The van der Waals surface area contributed by atoms with E-state index in [4.69, 9.17) is 4.74 Å². The Labute approximate surface area is 108 Å². The Morgan fingerprint density at radius 1 is 1.17 bits per heavy atom. The lowest BCUT2D eigenvalue weighted by Crippen LogP contribution is -2.35. The van der Waals surface area contributed by atoms with Crippen molar-refractivity contribution in [1.82, 2.24) is 9.80 Å². The first-order chi connectivity index (χ1) is 8.75. The highest BCUT2D eigenvalue weighted by Gasteiger charge is 2.18. The number of rotatable bonds is 4. The van der Waals surface area contributed by atoms with Crippen molar-refractivity contribution in [3.63, 3.8) is 0 Å². The molecule has 1 aromatic rings. The maximum atomic E-state index is 11.8. The van der Waals surface area contributed by atoms with E-state index < -0.39 is 0 Å². The number of hydrogen-bond acceptors (Lipinski definition) is 3. The predicted molar refractivity (Wildman–Crippen MR) is 70.6 cm³/mol. The molecule has 0 aromatic heterocycles. The average Bonchev–Trinajstić information content (AvgIpc) is 2.55. The Morgan fingerprint density at radius 3 is 2.72 bits per heavy atom. The molecule has 1 aromatic carbocycles. The van der Waals surface area contributed by atoms with Gasteiger partial charge in [-0.05, 0) is 19.2 Å². The number of nitrogens with zero attached hydrogens (tertiary/aromatic N) is 2. The van der Waals surface area contributed by atoms with E-state index in [0.29, 0.717) is 19.6 Å². The molecule has 0 spiro atoms. The molecular formula is C14H20N2O2. The third-order valence-electron chi connectivity index (χ3n) is 3.18. The minimum atomic E-state index is 0.232. The molecule has 1 saturated heterocycles. The van der Waals surface area contributed by atoms with Gasteiger partial charge in [0.2, 0.25) is 5.91 Å². The summed E-state index contributed by atoms with van der Waals surface area (Å²) in [7, 11) is 2.05. The van der Waals surface area contributed by atoms with Gasteiger partial charge in [0.15, 0.2) is 0 Å². The van der Waals surface area contributed by atoms with Gasteiger partial charge in [-0.25, -0.2) is 0 Å². The van der Waals surface area contributed by atoms with Crippen LogP contribution in [0.2, 0.25) is 0 Å². The van der Waals surface area contributed by atoms with Crippen molar-refractivity contribution in [3.8, 4) is 5.75 Å². The van der Waals surface area contributed by atoms with Crippen LogP contribution in [0, 0.1) is 0 Å². The van der Waals surface area contributed by atoms with Crippen molar-refractivity contribution in [2.24, 2.45) is 0 Å². The van der Waals surface area contributed by atoms with E-state index in [1.54, 1.807) is 0 Å². The summed E-state index contributed by atoms with van der Waals surface area (Å²) in [6.45, 7) is 3.82. The van der Waals surface area contributed by atoms with Crippen molar-refractivity contribution < 1.29 is 9.53 Å². The molecule has 1 amide bonds. The first-order valence-corrected chi connectivity index (χ1v) is 6.40. The first-order valence-electron chi connectivity index (χ1n) is 6.40. The molecule has 18 heavy (non-hydrogen) atoms. The molecule has 98 valence electrons. The van der Waals surface area contributed by atoms with Gasteiger partial charge in [-0.3, -0.25) is 4.79 Å². The normalized spacial score (nSPS) is 17.6. The molecule has 2 rings (SSSR count). The number of benzene rings is 1. The number of para-hydroxylation sites is 1. The number of hydrogen-bond donors (Lipinski definition) is 0. The predicted octanol–water partition coefficient (Wildman–Crippen LogP) is 1.23. The van der Waals surface area contributed by atoms with Crippen molar-refractivity contribution in [2.75, 3.05) is 39.8 Å². The van der Waals surface area contributed by atoms with E-state index in [0.717, 1.165) is 25.4 Å². The quantitative estimate of drug-likeness (QED) is 0.803. The molecular weight excluding hydrogens is 228 g/mol. The topological polar surface area (TPSA) is 32.8 Å². The number of ether oxygens (including phenoxy) is 1. The van der Waals surface area contributed by atoms with E-state index in [1.807, 2.05) is 35.2 Å². The zero-order valence-corrected chi connectivity index (χ0v) is 10.8. The minimum absolute atomic E-state index is 0.232. The first kappa shape index (κ1) is 12.9. The maximum absolute atomic E-state index is 11.8. The van der Waals surface area contributed by atoms with Gasteiger partial charge in [-0.2, -0.15) is 0 Å². The van der Waals surface area contributed by atoms with Crippen LogP contribution in [0.15, 0.2) is 30.3 Å². The molecule has 0 atom stereocenters. The van der Waals surface area contributed by atoms with Crippen molar-refractivity contribution in [1.29, 1.82) is 0 Å². The van der Waals surface area contributed by atoms with E-state index in [2.05, 4.69) is 11.9 Å². The van der Waals surface area contributed by atoms with Gasteiger partial charge in [-0.1, -0.05) is 18.2 Å². The van der Waals surface area contributed by atoms with Crippen LogP contribution in [-0.4, -0.2) is 55.5 Å². The van der Waals surface area contributed by atoms with Gasteiger partial charge in [0.05, 0.1) is 6.54 Å². The van der Waals surface area contributed by atoms with Crippen LogP contribution in [0.5, 0.6) is 5.75 Å². The molecule has 0 radical (unpaired) electrons. The smallest absolute Gasteiger partial charge is 0.224 e. The number of amides is 1. The molecule has 4 heteroatoms. The monoisotopic (exact) mass is 248 g/mol. The molecule has 1 aliphatic heterocycles. The summed E-state index contributed by atoms with van der Waals surface area (Å²) >= 11 is 0. The molecule has 0 unspecified atom stereocenters. The molecule has 1 fully saturated rings. The lowest BCUT2D eigenvalue weighted by Gasteiger charge is -2.20. The number of carbonyl (C=O) groups is 1. The van der Waals surface area contributed by atoms with Crippen LogP contribution < -0.4 is 4.74 Å². The summed E-state index contributed by atoms with van der Waals surface area (Å²) in [6.07, 6.45) is 0.613. The fourth-order valence-electron chi connectivity index (χ4n) is 2.00. The fraction of sp³-hybridized carbons (Fsp3) is 0.500. The van der Waals surface area contributed by atoms with Crippen LogP contribution in [0.1, 0.15) is 6.42 Å². The van der Waals surface area contributed by atoms with Crippen molar-refractivity contribution in [3.05, 3.63) is 30.3 Å². The number of carbonyl (C=O) groups excluding carboxylic acids is 1. The summed E-state index contributed by atoms with van der Waals surface area (Å²) in [6, 6.07) is 9.71. The van der Waals surface area contributed by atoms with Crippen LogP contribution in [0.25, 0.3) is 0 Å². The average molecular weight is 248 g/mol. The Balaban J connectivity index is 1.77. The minimum Gasteiger partial charge on any atom is -0.492 e. The standard InChI is InChI=1S/C14H20N2O2/c1-15-8-7-14(17)16(10-9-15)11-12-18-13-5-3-2-4-6-13/h2-6H,7-12H2,1H3. The van der Waals surface area contributed by atoms with Crippen LogP contribution >= 0.6 is 0 Å². The van der Waals surface area contributed by atoms with Gasteiger partial charge < -0.3 is 14.5 Å². The summed E-state index contributed by atoms with van der Waals surface area (Å²) in [5.41, 5.74) is 0. The van der Waals surface area contributed by atoms with Crippen LogP contribution in [-0.2, 0) is 4.79 Å². The maximum Gasteiger partial charge on any atom is 0.224 e. The molecule has 1 aliphatic rings. The second-order valence-corrected chi connectivity index (χ2v) is 4.60. The second-order valence-electron chi connectivity index (χ2n) is 4.60. The van der Waals surface area contributed by atoms with Gasteiger partial charge in [-0.15, -0.1) is 0 Å². The van der Waals surface area contributed by atoms with Crippen LogP contribution in [0.4, 0.5) is 0 Å².